The van der Waals surface area contributed by atoms with E-state index in [1.807, 2.05) is 0 Å². The van der Waals surface area contributed by atoms with Gasteiger partial charge in [-0.2, -0.15) is 13.2 Å². The molecule has 0 unspecified atom stereocenters. The lowest BCUT2D eigenvalue weighted by atomic mass is 10.0. The molecular formula is C11H13F3N2O2S. The summed E-state index contributed by atoms with van der Waals surface area (Å²) < 4.78 is 61.1. The van der Waals surface area contributed by atoms with E-state index >= 15 is 0 Å². The van der Waals surface area contributed by atoms with Gasteiger partial charge in [0.15, 0.2) is 0 Å². The van der Waals surface area contributed by atoms with Crippen LogP contribution in [0.1, 0.15) is 12.0 Å². The molecule has 1 heterocycles. The number of benzene rings is 1. The monoisotopic (exact) mass is 294 g/mol. The van der Waals surface area contributed by atoms with Crippen LogP contribution in [-0.4, -0.2) is 27.7 Å². The molecule has 0 aromatic heterocycles. The number of anilines is 1. The maximum Gasteiger partial charge on any atom is 0.402 e. The molecule has 0 atom stereocenters. The zero-order valence-electron chi connectivity index (χ0n) is 9.92. The van der Waals surface area contributed by atoms with Crippen LogP contribution in [0, 0.1) is 0 Å². The fourth-order valence-electron chi connectivity index (χ4n) is 1.87. The molecule has 0 amide bonds. The number of aryl methyl sites for hydroxylation is 1. The highest BCUT2D eigenvalue weighted by Gasteiger charge is 2.30. The lowest BCUT2D eigenvalue weighted by molar-refractivity contribution is -0.121. The third-order valence-electron chi connectivity index (χ3n) is 2.79. The topological polar surface area (TPSA) is 58.2 Å². The van der Waals surface area contributed by atoms with Crippen LogP contribution >= 0.6 is 0 Å². The molecule has 0 saturated carbocycles. The molecule has 1 aromatic rings. The predicted octanol–water partition coefficient (Wildman–Crippen LogP) is 1.89. The highest BCUT2D eigenvalue weighted by Crippen LogP contribution is 2.25. The fourth-order valence-corrected chi connectivity index (χ4v) is 2.91. The van der Waals surface area contributed by atoms with E-state index in [9.17, 15) is 21.6 Å². The Labute approximate surface area is 109 Å². The van der Waals surface area contributed by atoms with Crippen LogP contribution in [0.25, 0.3) is 0 Å². The summed E-state index contributed by atoms with van der Waals surface area (Å²) in [6.45, 7) is -0.841. The van der Waals surface area contributed by atoms with Gasteiger partial charge >= 0.3 is 6.18 Å². The summed E-state index contributed by atoms with van der Waals surface area (Å²) in [4.78, 5) is -0.162. The molecule has 0 saturated heterocycles. The van der Waals surface area contributed by atoms with E-state index < -0.39 is 22.7 Å². The van der Waals surface area contributed by atoms with Gasteiger partial charge < -0.3 is 5.32 Å². The molecule has 0 bridgehead atoms. The second kappa shape index (κ2) is 5.01. The van der Waals surface area contributed by atoms with Gasteiger partial charge in [-0.25, -0.2) is 13.1 Å². The van der Waals surface area contributed by atoms with Crippen molar-refractivity contribution in [3.63, 3.8) is 0 Å². The van der Waals surface area contributed by atoms with E-state index in [4.69, 9.17) is 0 Å². The summed E-state index contributed by atoms with van der Waals surface area (Å²) in [5, 5.41) is 3.03. The molecule has 1 aromatic carbocycles. The highest BCUT2D eigenvalue weighted by molar-refractivity contribution is 7.89. The van der Waals surface area contributed by atoms with Crippen LogP contribution in [0.3, 0.4) is 0 Å². The first-order valence-electron chi connectivity index (χ1n) is 5.71. The zero-order chi connectivity index (χ0) is 14.1. The first kappa shape index (κ1) is 14.1. The lowest BCUT2D eigenvalue weighted by Crippen LogP contribution is -2.33. The van der Waals surface area contributed by atoms with Gasteiger partial charge in [-0.05, 0) is 30.5 Å². The molecule has 1 aliphatic heterocycles. The minimum absolute atomic E-state index is 0.162. The second-order valence-electron chi connectivity index (χ2n) is 4.29. The Kier molecular flexibility index (Phi) is 3.73. The van der Waals surface area contributed by atoms with E-state index in [2.05, 4.69) is 5.32 Å². The van der Waals surface area contributed by atoms with Crippen LogP contribution in [0.4, 0.5) is 18.9 Å². The van der Waals surface area contributed by atoms with Gasteiger partial charge in [0, 0.05) is 12.2 Å². The van der Waals surface area contributed by atoms with E-state index in [1.165, 1.54) is 12.1 Å². The molecule has 0 aliphatic carbocycles. The minimum atomic E-state index is -4.57. The molecule has 2 rings (SSSR count). The van der Waals surface area contributed by atoms with E-state index in [-0.39, 0.29) is 4.90 Å². The Bertz CT molecular complexity index is 570. The Hall–Kier alpha value is -1.28. The SMILES string of the molecule is O=S(=O)(NCC(F)(F)F)c1ccc2c(c1)NCCC2. The van der Waals surface area contributed by atoms with Gasteiger partial charge in [0.05, 0.1) is 4.90 Å². The van der Waals surface area contributed by atoms with E-state index in [0.717, 1.165) is 24.9 Å². The third kappa shape index (κ3) is 3.60. The van der Waals surface area contributed by atoms with Crippen molar-refractivity contribution in [3.8, 4) is 0 Å². The van der Waals surface area contributed by atoms with Gasteiger partial charge in [-0.1, -0.05) is 6.07 Å². The van der Waals surface area contributed by atoms with E-state index in [1.54, 1.807) is 10.8 Å². The number of halogens is 3. The summed E-state index contributed by atoms with van der Waals surface area (Å²) in [5.74, 6) is 0. The number of hydrogen-bond donors (Lipinski definition) is 2. The largest absolute Gasteiger partial charge is 0.402 e. The van der Waals surface area contributed by atoms with Crippen molar-refractivity contribution < 1.29 is 21.6 Å². The van der Waals surface area contributed by atoms with Crippen molar-refractivity contribution >= 4 is 15.7 Å². The van der Waals surface area contributed by atoms with Crippen molar-refractivity contribution in [2.45, 2.75) is 23.9 Å². The van der Waals surface area contributed by atoms with Crippen LogP contribution in [0.15, 0.2) is 23.1 Å². The van der Waals surface area contributed by atoms with E-state index in [0.29, 0.717) is 5.69 Å². The quantitative estimate of drug-likeness (QED) is 0.895. The summed E-state index contributed by atoms with van der Waals surface area (Å²) in [7, 11) is -4.14. The Balaban J connectivity index is 2.21. The molecule has 4 nitrogen and oxygen atoms in total. The normalized spacial score (nSPS) is 15.7. The number of rotatable bonds is 3. The fraction of sp³-hybridized carbons (Fsp3) is 0.455. The maximum absolute atomic E-state index is 12.0. The summed E-state index contributed by atoms with van der Waals surface area (Å²) in [5.41, 5.74) is 1.64. The molecule has 0 spiro atoms. The number of nitrogens with one attached hydrogen (secondary N) is 2. The predicted molar refractivity (Wildman–Crippen MR) is 64.5 cm³/mol. The first-order chi connectivity index (χ1) is 8.78. The molecule has 0 radical (unpaired) electrons. The van der Waals surface area contributed by atoms with Crippen LogP contribution < -0.4 is 10.0 Å². The van der Waals surface area contributed by atoms with Gasteiger partial charge in [-0.3, -0.25) is 0 Å². The molecule has 106 valence electrons. The highest BCUT2D eigenvalue weighted by atomic mass is 32.2. The van der Waals surface area contributed by atoms with Crippen molar-refractivity contribution in [1.82, 2.24) is 4.72 Å². The van der Waals surface area contributed by atoms with Crippen molar-refractivity contribution in [2.24, 2.45) is 0 Å². The smallest absolute Gasteiger partial charge is 0.385 e. The maximum atomic E-state index is 12.0. The molecule has 2 N–H and O–H groups in total. The summed E-state index contributed by atoms with van der Waals surface area (Å²) in [6.07, 6.45) is -2.79. The Morgan fingerprint density at radius 3 is 2.74 bits per heavy atom. The molecule has 1 aliphatic rings. The van der Waals surface area contributed by atoms with Gasteiger partial charge in [0.1, 0.15) is 6.54 Å². The summed E-state index contributed by atoms with van der Waals surface area (Å²) >= 11 is 0. The third-order valence-corrected chi connectivity index (χ3v) is 4.19. The molecule has 0 fully saturated rings. The second-order valence-corrected chi connectivity index (χ2v) is 6.06. The molecule has 19 heavy (non-hydrogen) atoms. The minimum Gasteiger partial charge on any atom is -0.385 e. The van der Waals surface area contributed by atoms with Crippen LogP contribution in [-0.2, 0) is 16.4 Å². The Morgan fingerprint density at radius 1 is 1.32 bits per heavy atom. The van der Waals surface area contributed by atoms with Crippen molar-refractivity contribution in [1.29, 1.82) is 0 Å². The van der Waals surface area contributed by atoms with Crippen LogP contribution in [0.2, 0.25) is 0 Å². The lowest BCUT2D eigenvalue weighted by Gasteiger charge is -2.19. The standard InChI is InChI=1S/C11H13F3N2O2S/c12-11(13,14)7-16-19(17,18)9-4-3-8-2-1-5-15-10(8)6-9/h3-4,6,15-16H,1-2,5,7H2. The number of fused-ring (bicyclic) bond motifs is 1. The molecular weight excluding hydrogens is 281 g/mol. The first-order valence-corrected chi connectivity index (χ1v) is 7.19. The number of alkyl halides is 3. The van der Waals surface area contributed by atoms with Gasteiger partial charge in [-0.15, -0.1) is 0 Å². The van der Waals surface area contributed by atoms with Gasteiger partial charge in [0.2, 0.25) is 10.0 Å². The average molecular weight is 294 g/mol. The van der Waals surface area contributed by atoms with Crippen molar-refractivity contribution in [3.05, 3.63) is 23.8 Å². The van der Waals surface area contributed by atoms with Gasteiger partial charge in [0.25, 0.3) is 0 Å². The Morgan fingerprint density at radius 2 is 2.05 bits per heavy atom. The number of hydrogen-bond acceptors (Lipinski definition) is 3. The van der Waals surface area contributed by atoms with Crippen LogP contribution in [0.5, 0.6) is 0 Å². The number of sulfonamides is 1. The zero-order valence-corrected chi connectivity index (χ0v) is 10.7. The molecule has 8 heteroatoms. The summed E-state index contributed by atoms with van der Waals surface area (Å²) in [6, 6.07) is 4.32. The van der Waals surface area contributed by atoms with Crippen molar-refractivity contribution in [2.75, 3.05) is 18.4 Å². The average Bonchev–Trinajstić information content (AvgIpc) is 2.35.